The van der Waals surface area contributed by atoms with Gasteiger partial charge in [-0.3, -0.25) is 24.6 Å². The van der Waals surface area contributed by atoms with E-state index >= 15 is 0 Å². The van der Waals surface area contributed by atoms with Gasteiger partial charge >= 0.3 is 0 Å². The predicted octanol–water partition coefficient (Wildman–Crippen LogP) is 2.66. The number of aliphatic hydroxyl groups excluding tert-OH is 1. The number of carbonyl (C=O) groups is 2. The Kier molecular flexibility index (Phi) is 6.52. The van der Waals surface area contributed by atoms with E-state index in [2.05, 4.69) is 4.90 Å². The summed E-state index contributed by atoms with van der Waals surface area (Å²) in [5.74, 6) is -1.82. The van der Waals surface area contributed by atoms with E-state index in [1.807, 2.05) is 6.92 Å². The summed E-state index contributed by atoms with van der Waals surface area (Å²) in [6, 6.07) is 11.9. The topological polar surface area (TPSA) is 113 Å². The van der Waals surface area contributed by atoms with Crippen molar-refractivity contribution in [2.24, 2.45) is 0 Å². The SMILES string of the molecule is Cc1ccc(C(O)=C2C(=O)C(=O)N(CCN3CCOCC3)[C@H]2c2cccc([N+](=O)[O-])c2)cc1. The number of amides is 1. The summed E-state index contributed by atoms with van der Waals surface area (Å²) < 4.78 is 5.36. The Morgan fingerprint density at radius 2 is 1.82 bits per heavy atom. The molecule has 0 radical (unpaired) electrons. The first-order chi connectivity index (χ1) is 15.9. The van der Waals surface area contributed by atoms with Crippen LogP contribution in [-0.4, -0.2) is 70.9 Å². The van der Waals surface area contributed by atoms with E-state index in [0.717, 1.165) is 18.7 Å². The minimum atomic E-state index is -0.924. The second-order valence-electron chi connectivity index (χ2n) is 8.16. The van der Waals surface area contributed by atoms with Gasteiger partial charge in [-0.1, -0.05) is 42.0 Å². The smallest absolute Gasteiger partial charge is 0.295 e. The number of carbonyl (C=O) groups excluding carboxylic acids is 2. The molecule has 9 heteroatoms. The van der Waals surface area contributed by atoms with E-state index in [1.54, 1.807) is 30.3 Å². The molecular formula is C24H25N3O6. The molecule has 1 atom stereocenters. The number of nitro benzene ring substituents is 1. The molecule has 9 nitrogen and oxygen atoms in total. The van der Waals surface area contributed by atoms with Crippen molar-refractivity contribution in [2.45, 2.75) is 13.0 Å². The number of ketones is 1. The minimum absolute atomic E-state index is 0.0636. The lowest BCUT2D eigenvalue weighted by Gasteiger charge is -2.31. The first-order valence-electron chi connectivity index (χ1n) is 10.8. The van der Waals surface area contributed by atoms with Gasteiger partial charge in [0.1, 0.15) is 5.76 Å². The van der Waals surface area contributed by atoms with E-state index in [1.165, 1.54) is 23.1 Å². The van der Waals surface area contributed by atoms with Crippen LogP contribution in [0.15, 0.2) is 54.1 Å². The zero-order valence-electron chi connectivity index (χ0n) is 18.3. The van der Waals surface area contributed by atoms with Crippen LogP contribution in [0.2, 0.25) is 0 Å². The van der Waals surface area contributed by atoms with Gasteiger partial charge in [0.2, 0.25) is 0 Å². The van der Waals surface area contributed by atoms with E-state index in [-0.39, 0.29) is 23.6 Å². The zero-order chi connectivity index (χ0) is 23.5. The molecule has 2 aliphatic rings. The normalized spacial score (nSPS) is 20.9. The highest BCUT2D eigenvalue weighted by Crippen LogP contribution is 2.40. The summed E-state index contributed by atoms with van der Waals surface area (Å²) in [5, 5.41) is 22.4. The quantitative estimate of drug-likeness (QED) is 0.236. The lowest BCUT2D eigenvalue weighted by molar-refractivity contribution is -0.384. The van der Waals surface area contributed by atoms with E-state index in [9.17, 15) is 24.8 Å². The zero-order valence-corrected chi connectivity index (χ0v) is 18.3. The molecule has 2 saturated heterocycles. The number of likely N-dealkylation sites (tertiary alicyclic amines) is 1. The maximum absolute atomic E-state index is 13.1. The van der Waals surface area contributed by atoms with Crippen LogP contribution in [0, 0.1) is 17.0 Å². The van der Waals surface area contributed by atoms with Crippen LogP contribution in [0.4, 0.5) is 5.69 Å². The highest BCUT2D eigenvalue weighted by atomic mass is 16.6. The molecule has 2 fully saturated rings. The van der Waals surface area contributed by atoms with Gasteiger partial charge in [0, 0.05) is 43.9 Å². The van der Waals surface area contributed by atoms with Crippen molar-refractivity contribution in [3.8, 4) is 0 Å². The number of rotatable bonds is 6. The molecule has 0 spiro atoms. The molecule has 2 aromatic rings. The Morgan fingerprint density at radius 1 is 1.12 bits per heavy atom. The third-order valence-corrected chi connectivity index (χ3v) is 6.02. The molecule has 2 heterocycles. The number of aliphatic hydroxyl groups is 1. The highest BCUT2D eigenvalue weighted by Gasteiger charge is 2.46. The molecular weight excluding hydrogens is 426 g/mol. The lowest BCUT2D eigenvalue weighted by atomic mass is 9.94. The molecule has 0 unspecified atom stereocenters. The third-order valence-electron chi connectivity index (χ3n) is 6.02. The van der Waals surface area contributed by atoms with Gasteiger partial charge in [-0.25, -0.2) is 0 Å². The summed E-state index contributed by atoms with van der Waals surface area (Å²) in [6.07, 6.45) is 0. The average molecular weight is 451 g/mol. The first-order valence-corrected chi connectivity index (χ1v) is 10.8. The van der Waals surface area contributed by atoms with Crippen molar-refractivity contribution in [2.75, 3.05) is 39.4 Å². The summed E-state index contributed by atoms with van der Waals surface area (Å²) in [4.78, 5) is 40.5. The fourth-order valence-corrected chi connectivity index (χ4v) is 4.21. The Bertz CT molecular complexity index is 1110. The average Bonchev–Trinajstić information content (AvgIpc) is 3.08. The van der Waals surface area contributed by atoms with Gasteiger partial charge in [-0.05, 0) is 12.5 Å². The second kappa shape index (κ2) is 9.51. The standard InChI is InChI=1S/C24H25N3O6/c1-16-5-7-17(8-6-16)22(28)20-21(18-3-2-4-19(15-18)27(31)32)26(24(30)23(20)29)10-9-25-11-13-33-14-12-25/h2-8,15,21,28H,9-14H2,1H3/t21-/m0/s1. The maximum Gasteiger partial charge on any atom is 0.295 e. The van der Waals surface area contributed by atoms with Crippen LogP contribution in [0.3, 0.4) is 0 Å². The number of ether oxygens (including phenoxy) is 1. The Morgan fingerprint density at radius 3 is 2.48 bits per heavy atom. The maximum atomic E-state index is 13.1. The van der Waals surface area contributed by atoms with Crippen molar-refractivity contribution in [1.29, 1.82) is 0 Å². The van der Waals surface area contributed by atoms with Crippen LogP contribution in [0.1, 0.15) is 22.7 Å². The Balaban J connectivity index is 1.77. The molecule has 0 bridgehead atoms. The van der Waals surface area contributed by atoms with Crippen molar-refractivity contribution < 1.29 is 24.4 Å². The van der Waals surface area contributed by atoms with Crippen molar-refractivity contribution >= 4 is 23.1 Å². The number of hydrogen-bond donors (Lipinski definition) is 1. The summed E-state index contributed by atoms with van der Waals surface area (Å²) in [5.41, 5.74) is 1.57. The Labute approximate surface area is 191 Å². The summed E-state index contributed by atoms with van der Waals surface area (Å²) >= 11 is 0. The molecule has 1 amide bonds. The van der Waals surface area contributed by atoms with Gasteiger partial charge < -0.3 is 14.7 Å². The molecule has 0 aromatic heterocycles. The van der Waals surface area contributed by atoms with E-state index in [4.69, 9.17) is 4.74 Å². The fraction of sp³-hybridized carbons (Fsp3) is 0.333. The monoisotopic (exact) mass is 451 g/mol. The predicted molar refractivity (Wildman–Crippen MR) is 121 cm³/mol. The summed E-state index contributed by atoms with van der Waals surface area (Å²) in [7, 11) is 0. The van der Waals surface area contributed by atoms with Crippen molar-refractivity contribution in [1.82, 2.24) is 9.80 Å². The number of aryl methyl sites for hydroxylation is 1. The van der Waals surface area contributed by atoms with Crippen LogP contribution < -0.4 is 0 Å². The van der Waals surface area contributed by atoms with Gasteiger partial charge in [0.05, 0.1) is 29.8 Å². The third kappa shape index (κ3) is 4.64. The van der Waals surface area contributed by atoms with E-state index < -0.39 is 22.7 Å². The number of non-ortho nitro benzene ring substituents is 1. The molecule has 1 N–H and O–H groups in total. The lowest BCUT2D eigenvalue weighted by Crippen LogP contribution is -2.42. The number of Topliss-reactive ketones (excluding diaryl/α,β-unsaturated/α-hetero) is 1. The molecule has 33 heavy (non-hydrogen) atoms. The largest absolute Gasteiger partial charge is 0.507 e. The fourth-order valence-electron chi connectivity index (χ4n) is 4.21. The van der Waals surface area contributed by atoms with Gasteiger partial charge in [0.25, 0.3) is 17.4 Å². The van der Waals surface area contributed by atoms with E-state index in [0.29, 0.717) is 30.9 Å². The van der Waals surface area contributed by atoms with Gasteiger partial charge in [0.15, 0.2) is 0 Å². The molecule has 0 aliphatic carbocycles. The first kappa shape index (κ1) is 22.6. The number of hydrogen-bond acceptors (Lipinski definition) is 7. The molecule has 4 rings (SSSR count). The highest BCUT2D eigenvalue weighted by molar-refractivity contribution is 6.46. The minimum Gasteiger partial charge on any atom is -0.507 e. The number of benzene rings is 2. The molecule has 172 valence electrons. The van der Waals surface area contributed by atoms with Crippen LogP contribution in [0.25, 0.3) is 5.76 Å². The molecule has 0 saturated carbocycles. The van der Waals surface area contributed by atoms with Crippen molar-refractivity contribution in [3.05, 3.63) is 80.9 Å². The van der Waals surface area contributed by atoms with Crippen molar-refractivity contribution in [3.63, 3.8) is 0 Å². The number of nitrogens with zero attached hydrogens (tertiary/aromatic N) is 3. The number of nitro groups is 1. The summed E-state index contributed by atoms with van der Waals surface area (Å²) in [6.45, 7) is 5.29. The van der Waals surface area contributed by atoms with Crippen LogP contribution in [0.5, 0.6) is 0 Å². The van der Waals surface area contributed by atoms with Crippen LogP contribution in [-0.2, 0) is 14.3 Å². The molecule has 2 aromatic carbocycles. The second-order valence-corrected chi connectivity index (χ2v) is 8.16. The number of morpholine rings is 1. The Hall–Kier alpha value is -3.56. The van der Waals surface area contributed by atoms with Gasteiger partial charge in [-0.15, -0.1) is 0 Å². The van der Waals surface area contributed by atoms with Gasteiger partial charge in [-0.2, -0.15) is 0 Å². The van der Waals surface area contributed by atoms with Crippen LogP contribution >= 0.6 is 0 Å². The molecule has 2 aliphatic heterocycles.